The molecule has 0 radical (unpaired) electrons. The van der Waals surface area contributed by atoms with Crippen molar-refractivity contribution in [3.05, 3.63) is 35.1 Å². The molecular weight excluding hydrogens is 255 g/mol. The number of piperidine rings is 1. The Labute approximate surface area is 119 Å². The maximum absolute atomic E-state index is 13.3. The van der Waals surface area contributed by atoms with E-state index in [2.05, 4.69) is 11.8 Å². The number of halogens is 1. The van der Waals surface area contributed by atoms with Gasteiger partial charge in [-0.2, -0.15) is 0 Å². The van der Waals surface area contributed by atoms with E-state index in [1.54, 1.807) is 0 Å². The van der Waals surface area contributed by atoms with Crippen LogP contribution in [0.15, 0.2) is 18.2 Å². The molecule has 1 aromatic rings. The van der Waals surface area contributed by atoms with E-state index in [0.29, 0.717) is 11.1 Å². The lowest BCUT2D eigenvalue weighted by Crippen LogP contribution is -2.42. The zero-order valence-electron chi connectivity index (χ0n) is 11.7. The van der Waals surface area contributed by atoms with Crippen molar-refractivity contribution < 1.29 is 9.18 Å². The van der Waals surface area contributed by atoms with Gasteiger partial charge in [-0.3, -0.25) is 4.79 Å². The van der Waals surface area contributed by atoms with E-state index >= 15 is 0 Å². The molecule has 0 saturated carbocycles. The average molecular weight is 274 g/mol. The maximum atomic E-state index is 13.3. The third-order valence-electron chi connectivity index (χ3n) is 3.60. The molecule has 1 aliphatic heterocycles. The second kappa shape index (κ2) is 6.53. The molecule has 3 nitrogen and oxygen atoms in total. The molecule has 2 N–H and O–H groups in total. The van der Waals surface area contributed by atoms with E-state index in [1.807, 2.05) is 11.8 Å². The van der Waals surface area contributed by atoms with Gasteiger partial charge in [-0.25, -0.2) is 4.39 Å². The first-order chi connectivity index (χ1) is 9.63. The number of nitrogens with two attached hydrogens (primary N) is 1. The molecule has 1 atom stereocenters. The van der Waals surface area contributed by atoms with Gasteiger partial charge in [0, 0.05) is 18.2 Å². The molecule has 1 fully saturated rings. The number of carbonyl (C=O) groups excluding carboxylic acids is 1. The summed E-state index contributed by atoms with van der Waals surface area (Å²) >= 11 is 0. The van der Waals surface area contributed by atoms with E-state index < -0.39 is 5.82 Å². The minimum Gasteiger partial charge on any atom is -0.336 e. The van der Waals surface area contributed by atoms with Crippen molar-refractivity contribution in [2.45, 2.75) is 32.2 Å². The zero-order chi connectivity index (χ0) is 14.5. The van der Waals surface area contributed by atoms with Gasteiger partial charge in [-0.15, -0.1) is 0 Å². The van der Waals surface area contributed by atoms with Crippen molar-refractivity contribution in [1.29, 1.82) is 0 Å². The molecule has 1 heterocycles. The van der Waals surface area contributed by atoms with Gasteiger partial charge in [0.25, 0.3) is 5.91 Å². The highest BCUT2D eigenvalue weighted by Gasteiger charge is 2.25. The number of amides is 1. The minimum absolute atomic E-state index is 0.0708. The quantitative estimate of drug-likeness (QED) is 0.798. The summed E-state index contributed by atoms with van der Waals surface area (Å²) in [6.07, 6.45) is 3.17. The van der Waals surface area contributed by atoms with Crippen LogP contribution in [-0.2, 0) is 0 Å². The number of rotatable bonds is 1. The Morgan fingerprint density at radius 1 is 1.50 bits per heavy atom. The fourth-order valence-corrected chi connectivity index (χ4v) is 2.51. The Balaban J connectivity index is 2.33. The van der Waals surface area contributed by atoms with E-state index in [-0.39, 0.29) is 18.5 Å². The van der Waals surface area contributed by atoms with Crippen LogP contribution in [-0.4, -0.2) is 29.9 Å². The smallest absolute Gasteiger partial charge is 0.255 e. The Morgan fingerprint density at radius 3 is 3.00 bits per heavy atom. The summed E-state index contributed by atoms with van der Waals surface area (Å²) in [5.41, 5.74) is 6.22. The molecule has 0 aromatic heterocycles. The number of nitrogens with zero attached hydrogens (tertiary/aromatic N) is 1. The Kier molecular flexibility index (Phi) is 4.75. The summed E-state index contributed by atoms with van der Waals surface area (Å²) in [6, 6.07) is 4.33. The number of carbonyl (C=O) groups is 1. The molecule has 1 aliphatic rings. The van der Waals surface area contributed by atoms with Crippen LogP contribution < -0.4 is 5.73 Å². The lowest BCUT2D eigenvalue weighted by molar-refractivity contribution is 0.0635. The van der Waals surface area contributed by atoms with Gasteiger partial charge in [0.2, 0.25) is 0 Å². The molecule has 1 amide bonds. The van der Waals surface area contributed by atoms with Gasteiger partial charge >= 0.3 is 0 Å². The maximum Gasteiger partial charge on any atom is 0.255 e. The average Bonchev–Trinajstić information content (AvgIpc) is 2.45. The summed E-state index contributed by atoms with van der Waals surface area (Å²) in [4.78, 5) is 14.5. The molecule has 0 spiro atoms. The predicted octanol–water partition coefficient (Wildman–Crippen LogP) is 2.15. The first-order valence-electron chi connectivity index (χ1n) is 6.93. The molecule has 1 aromatic carbocycles. The van der Waals surface area contributed by atoms with Crippen LogP contribution in [0, 0.1) is 17.7 Å². The van der Waals surface area contributed by atoms with Crippen LogP contribution in [0.4, 0.5) is 4.39 Å². The van der Waals surface area contributed by atoms with Crippen LogP contribution in [0.1, 0.15) is 42.1 Å². The fraction of sp³-hybridized carbons (Fsp3) is 0.438. The summed E-state index contributed by atoms with van der Waals surface area (Å²) in [7, 11) is 0. The molecule has 2 rings (SSSR count). The highest BCUT2D eigenvalue weighted by molar-refractivity contribution is 5.97. The third-order valence-corrected chi connectivity index (χ3v) is 3.60. The summed E-state index contributed by atoms with van der Waals surface area (Å²) < 4.78 is 13.3. The summed E-state index contributed by atoms with van der Waals surface area (Å²) in [5.74, 6) is 5.00. The summed E-state index contributed by atoms with van der Waals surface area (Å²) in [6.45, 7) is 2.98. The van der Waals surface area contributed by atoms with Gasteiger partial charge in [0.1, 0.15) is 5.82 Å². The van der Waals surface area contributed by atoms with Gasteiger partial charge < -0.3 is 10.6 Å². The molecule has 20 heavy (non-hydrogen) atoms. The lowest BCUT2D eigenvalue weighted by Gasteiger charge is -2.33. The predicted molar refractivity (Wildman–Crippen MR) is 76.7 cm³/mol. The van der Waals surface area contributed by atoms with Crippen LogP contribution in [0.2, 0.25) is 0 Å². The van der Waals surface area contributed by atoms with Crippen molar-refractivity contribution in [3.8, 4) is 11.8 Å². The van der Waals surface area contributed by atoms with Crippen LogP contribution >= 0.6 is 0 Å². The first kappa shape index (κ1) is 14.5. The zero-order valence-corrected chi connectivity index (χ0v) is 11.7. The monoisotopic (exact) mass is 274 g/mol. The SMILES string of the molecule is CC1CCCCN1C(=O)c1ccc(F)cc1C#CCN. The number of hydrogen-bond donors (Lipinski definition) is 1. The molecular formula is C16H19FN2O. The Hall–Kier alpha value is -1.86. The first-order valence-corrected chi connectivity index (χ1v) is 6.93. The fourth-order valence-electron chi connectivity index (χ4n) is 2.51. The lowest BCUT2D eigenvalue weighted by atomic mass is 10.00. The molecule has 106 valence electrons. The topological polar surface area (TPSA) is 46.3 Å². The number of hydrogen-bond acceptors (Lipinski definition) is 2. The van der Waals surface area contributed by atoms with E-state index in [0.717, 1.165) is 25.8 Å². The number of benzene rings is 1. The molecule has 1 saturated heterocycles. The minimum atomic E-state index is -0.394. The van der Waals surface area contributed by atoms with Gasteiger partial charge in [0.15, 0.2) is 0 Å². The van der Waals surface area contributed by atoms with Crippen LogP contribution in [0.3, 0.4) is 0 Å². The van der Waals surface area contributed by atoms with E-state index in [9.17, 15) is 9.18 Å². The molecule has 0 aliphatic carbocycles. The van der Waals surface area contributed by atoms with E-state index in [4.69, 9.17) is 5.73 Å². The number of likely N-dealkylation sites (tertiary alicyclic amines) is 1. The molecule has 0 bridgehead atoms. The van der Waals surface area contributed by atoms with Crippen LogP contribution in [0.5, 0.6) is 0 Å². The second-order valence-corrected chi connectivity index (χ2v) is 5.04. The standard InChI is InChI=1S/C16H19FN2O/c1-12-5-2-3-10-19(12)16(20)15-8-7-14(17)11-13(15)6-4-9-18/h7-8,11-12H,2-3,5,9-10,18H2,1H3. The van der Waals surface area contributed by atoms with Gasteiger partial charge in [-0.05, 0) is 44.4 Å². The summed E-state index contributed by atoms with van der Waals surface area (Å²) in [5, 5.41) is 0. The molecule has 4 heteroatoms. The normalized spacial score (nSPS) is 18.4. The highest BCUT2D eigenvalue weighted by Crippen LogP contribution is 2.21. The van der Waals surface area contributed by atoms with Crippen molar-refractivity contribution in [2.24, 2.45) is 5.73 Å². The van der Waals surface area contributed by atoms with Gasteiger partial charge in [-0.1, -0.05) is 11.8 Å². The van der Waals surface area contributed by atoms with Crippen molar-refractivity contribution in [2.75, 3.05) is 13.1 Å². The largest absolute Gasteiger partial charge is 0.336 e. The third kappa shape index (κ3) is 3.17. The van der Waals surface area contributed by atoms with Gasteiger partial charge in [0.05, 0.1) is 12.1 Å². The van der Waals surface area contributed by atoms with Crippen molar-refractivity contribution in [3.63, 3.8) is 0 Å². The van der Waals surface area contributed by atoms with E-state index in [1.165, 1.54) is 18.2 Å². The Bertz CT molecular complexity index is 559. The highest BCUT2D eigenvalue weighted by atomic mass is 19.1. The van der Waals surface area contributed by atoms with Crippen LogP contribution in [0.25, 0.3) is 0 Å². The Morgan fingerprint density at radius 2 is 2.30 bits per heavy atom. The van der Waals surface area contributed by atoms with Crippen molar-refractivity contribution >= 4 is 5.91 Å². The second-order valence-electron chi connectivity index (χ2n) is 5.04. The van der Waals surface area contributed by atoms with Crippen molar-refractivity contribution in [1.82, 2.24) is 4.90 Å². The molecule has 1 unspecified atom stereocenters.